The molecular formula is C14H7F5N4O4. The Labute approximate surface area is 146 Å². The summed E-state index contributed by atoms with van der Waals surface area (Å²) in [5, 5.41) is 25.0. The number of hydrogen-bond acceptors (Lipinski definition) is 6. The number of halogens is 5. The van der Waals surface area contributed by atoms with Crippen LogP contribution >= 0.6 is 0 Å². The molecule has 0 radical (unpaired) electrons. The Morgan fingerprint density at radius 1 is 0.926 bits per heavy atom. The zero-order chi connectivity index (χ0) is 20.5. The lowest BCUT2D eigenvalue weighted by molar-refractivity contribution is -0.393. The molecule has 0 fully saturated rings. The van der Waals surface area contributed by atoms with Gasteiger partial charge in [-0.15, -0.1) is 0 Å². The summed E-state index contributed by atoms with van der Waals surface area (Å²) in [6, 6.07) is 2.38. The molecule has 0 saturated carbocycles. The van der Waals surface area contributed by atoms with Crippen molar-refractivity contribution in [1.82, 2.24) is 0 Å². The lowest BCUT2D eigenvalue weighted by Crippen LogP contribution is -2.12. The van der Waals surface area contributed by atoms with E-state index in [0.717, 1.165) is 19.1 Å². The molecule has 142 valence electrons. The van der Waals surface area contributed by atoms with Crippen LogP contribution in [0.5, 0.6) is 0 Å². The number of hydrazone groups is 1. The highest BCUT2D eigenvalue weighted by Crippen LogP contribution is 2.29. The molecule has 2 aromatic carbocycles. The van der Waals surface area contributed by atoms with Crippen molar-refractivity contribution in [3.05, 3.63) is 73.1 Å². The summed E-state index contributed by atoms with van der Waals surface area (Å²) < 4.78 is 66.9. The molecule has 0 atom stereocenters. The summed E-state index contributed by atoms with van der Waals surface area (Å²) in [4.78, 5) is 19.8. The van der Waals surface area contributed by atoms with Crippen molar-refractivity contribution < 1.29 is 31.8 Å². The largest absolute Gasteiger partial charge is 0.301 e. The van der Waals surface area contributed by atoms with Gasteiger partial charge >= 0.3 is 5.69 Å². The molecule has 0 aliphatic heterocycles. The standard InChI is InChI=1S/C14H7F5N4O4/c1-5(9-10(15)12(17)14(19)13(18)11(9)16)20-21-7-3-2-6(22(24)25)4-8(7)23(26)27/h2-4,21H,1H3/b20-5+. The summed E-state index contributed by atoms with van der Waals surface area (Å²) in [7, 11) is 0. The van der Waals surface area contributed by atoms with Crippen LogP contribution in [0.1, 0.15) is 12.5 Å². The Kier molecular flexibility index (Phi) is 5.33. The van der Waals surface area contributed by atoms with Gasteiger partial charge in [0.25, 0.3) is 5.69 Å². The van der Waals surface area contributed by atoms with Crippen LogP contribution in [0.15, 0.2) is 23.3 Å². The summed E-state index contributed by atoms with van der Waals surface area (Å²) in [5.74, 6) is -11.0. The normalized spacial score (nSPS) is 11.4. The molecule has 27 heavy (non-hydrogen) atoms. The third-order valence-electron chi connectivity index (χ3n) is 3.30. The quantitative estimate of drug-likeness (QED) is 0.207. The molecule has 0 unspecified atom stereocenters. The number of rotatable bonds is 5. The molecule has 0 saturated heterocycles. The molecular weight excluding hydrogens is 383 g/mol. The lowest BCUT2D eigenvalue weighted by atomic mass is 10.1. The van der Waals surface area contributed by atoms with Crippen molar-refractivity contribution in [2.45, 2.75) is 6.92 Å². The summed E-state index contributed by atoms with van der Waals surface area (Å²) in [6.45, 7) is 0.891. The van der Waals surface area contributed by atoms with Crippen molar-refractivity contribution in [3.63, 3.8) is 0 Å². The molecule has 0 heterocycles. The van der Waals surface area contributed by atoms with Gasteiger partial charge in [-0.2, -0.15) is 5.10 Å². The fourth-order valence-electron chi connectivity index (χ4n) is 2.00. The van der Waals surface area contributed by atoms with Gasteiger partial charge in [0.1, 0.15) is 5.69 Å². The zero-order valence-corrected chi connectivity index (χ0v) is 13.1. The van der Waals surface area contributed by atoms with Crippen molar-refractivity contribution in [2.24, 2.45) is 5.10 Å². The van der Waals surface area contributed by atoms with Gasteiger partial charge in [0.2, 0.25) is 5.82 Å². The van der Waals surface area contributed by atoms with E-state index in [9.17, 15) is 42.2 Å². The first kappa shape index (κ1) is 19.7. The van der Waals surface area contributed by atoms with Crippen molar-refractivity contribution in [3.8, 4) is 0 Å². The van der Waals surface area contributed by atoms with Crippen LogP contribution in [-0.2, 0) is 0 Å². The number of nitrogens with one attached hydrogen (secondary N) is 1. The maximum Gasteiger partial charge on any atom is 0.301 e. The molecule has 0 aliphatic rings. The Morgan fingerprint density at radius 3 is 1.93 bits per heavy atom. The smallest absolute Gasteiger partial charge is 0.271 e. The number of hydrogen-bond donors (Lipinski definition) is 1. The van der Waals surface area contributed by atoms with Gasteiger partial charge in [-0.1, -0.05) is 0 Å². The van der Waals surface area contributed by atoms with E-state index in [1.165, 1.54) is 0 Å². The van der Waals surface area contributed by atoms with E-state index in [1.807, 2.05) is 5.43 Å². The molecule has 8 nitrogen and oxygen atoms in total. The van der Waals surface area contributed by atoms with Crippen LogP contribution in [0.25, 0.3) is 0 Å². The van der Waals surface area contributed by atoms with Crippen LogP contribution in [-0.4, -0.2) is 15.6 Å². The first-order valence-electron chi connectivity index (χ1n) is 6.81. The van der Waals surface area contributed by atoms with E-state index in [0.29, 0.717) is 6.07 Å². The van der Waals surface area contributed by atoms with Gasteiger partial charge in [-0.3, -0.25) is 25.7 Å². The van der Waals surface area contributed by atoms with Crippen molar-refractivity contribution >= 4 is 22.8 Å². The number of nitro groups is 2. The highest BCUT2D eigenvalue weighted by Gasteiger charge is 2.27. The fraction of sp³-hybridized carbons (Fsp3) is 0.0714. The Morgan fingerprint density at radius 2 is 1.44 bits per heavy atom. The van der Waals surface area contributed by atoms with Crippen molar-refractivity contribution in [2.75, 3.05) is 5.43 Å². The van der Waals surface area contributed by atoms with Gasteiger partial charge in [-0.05, 0) is 13.0 Å². The average Bonchev–Trinajstić information content (AvgIpc) is 2.62. The minimum atomic E-state index is -2.35. The molecule has 2 rings (SSSR count). The van der Waals surface area contributed by atoms with E-state index < -0.39 is 67.3 Å². The first-order chi connectivity index (χ1) is 12.6. The minimum Gasteiger partial charge on any atom is -0.271 e. The minimum absolute atomic E-state index is 0.408. The topological polar surface area (TPSA) is 111 Å². The Bertz CT molecular complexity index is 967. The molecule has 0 aliphatic carbocycles. The van der Waals surface area contributed by atoms with E-state index >= 15 is 0 Å². The van der Waals surface area contributed by atoms with Crippen molar-refractivity contribution in [1.29, 1.82) is 0 Å². The van der Waals surface area contributed by atoms with E-state index in [4.69, 9.17) is 0 Å². The number of anilines is 1. The number of non-ortho nitro benzene ring substituents is 1. The maximum absolute atomic E-state index is 13.7. The molecule has 0 bridgehead atoms. The predicted molar refractivity (Wildman–Crippen MR) is 81.8 cm³/mol. The molecule has 13 heteroatoms. The lowest BCUT2D eigenvalue weighted by Gasteiger charge is -2.08. The molecule has 0 aromatic heterocycles. The zero-order valence-electron chi connectivity index (χ0n) is 13.1. The fourth-order valence-corrected chi connectivity index (χ4v) is 2.00. The van der Waals surface area contributed by atoms with Gasteiger partial charge in [0, 0.05) is 6.07 Å². The van der Waals surface area contributed by atoms with Crippen LogP contribution in [0, 0.1) is 49.3 Å². The van der Waals surface area contributed by atoms with E-state index in [1.54, 1.807) is 0 Å². The maximum atomic E-state index is 13.7. The third kappa shape index (κ3) is 3.65. The van der Waals surface area contributed by atoms with E-state index in [2.05, 4.69) is 5.10 Å². The van der Waals surface area contributed by atoms with Crippen LogP contribution < -0.4 is 5.43 Å². The summed E-state index contributed by atoms with van der Waals surface area (Å²) in [5.41, 5.74) is -1.83. The first-order valence-corrected chi connectivity index (χ1v) is 6.81. The second kappa shape index (κ2) is 7.31. The van der Waals surface area contributed by atoms with Gasteiger partial charge in [-0.25, -0.2) is 22.0 Å². The van der Waals surface area contributed by atoms with Crippen LogP contribution in [0.2, 0.25) is 0 Å². The summed E-state index contributed by atoms with van der Waals surface area (Å²) in [6.07, 6.45) is 0. The predicted octanol–water partition coefficient (Wildman–Crippen LogP) is 4.03. The molecule has 0 spiro atoms. The number of nitro benzene ring substituents is 2. The van der Waals surface area contributed by atoms with Crippen LogP contribution in [0.3, 0.4) is 0 Å². The number of benzene rings is 2. The second-order valence-corrected chi connectivity index (χ2v) is 4.97. The van der Waals surface area contributed by atoms with E-state index in [-0.39, 0.29) is 0 Å². The molecule has 2 aromatic rings. The second-order valence-electron chi connectivity index (χ2n) is 4.97. The Hall–Kier alpha value is -3.64. The van der Waals surface area contributed by atoms with Gasteiger partial charge in [0.05, 0.1) is 27.2 Å². The SMILES string of the molecule is C/C(=N\Nc1ccc([N+](=O)[O-])cc1[N+](=O)[O-])c1c(F)c(F)c(F)c(F)c1F. The Balaban J connectivity index is 2.48. The third-order valence-corrected chi connectivity index (χ3v) is 3.30. The molecule has 1 N–H and O–H groups in total. The summed E-state index contributed by atoms with van der Waals surface area (Å²) >= 11 is 0. The van der Waals surface area contributed by atoms with Gasteiger partial charge < -0.3 is 0 Å². The van der Waals surface area contributed by atoms with Gasteiger partial charge in [0.15, 0.2) is 23.3 Å². The average molecular weight is 390 g/mol. The number of nitrogens with zero attached hydrogens (tertiary/aromatic N) is 3. The molecule has 0 amide bonds. The highest BCUT2D eigenvalue weighted by molar-refractivity contribution is 5.99. The highest BCUT2D eigenvalue weighted by atomic mass is 19.2. The monoisotopic (exact) mass is 390 g/mol. The van der Waals surface area contributed by atoms with Crippen LogP contribution in [0.4, 0.5) is 39.0 Å².